The zero-order valence-corrected chi connectivity index (χ0v) is 13.6. The lowest BCUT2D eigenvalue weighted by molar-refractivity contribution is 0.235. The van der Waals surface area contributed by atoms with Crippen LogP contribution < -0.4 is 4.90 Å². The van der Waals surface area contributed by atoms with Crippen LogP contribution in [0.1, 0.15) is 18.0 Å². The smallest absolute Gasteiger partial charge is 0.265 e. The van der Waals surface area contributed by atoms with Gasteiger partial charge in [-0.2, -0.15) is 8.42 Å². The fraction of sp³-hybridized carbons (Fsp3) is 0.455. The summed E-state index contributed by atoms with van der Waals surface area (Å²) >= 11 is 1.22. The van der Waals surface area contributed by atoms with E-state index >= 15 is 0 Å². The van der Waals surface area contributed by atoms with Crippen LogP contribution in [-0.2, 0) is 14.3 Å². The van der Waals surface area contributed by atoms with E-state index in [2.05, 4.69) is 20.2 Å². The Bertz CT molecular complexity index is 729. The quantitative estimate of drug-likeness (QED) is 0.752. The van der Waals surface area contributed by atoms with Crippen molar-refractivity contribution in [2.24, 2.45) is 0 Å². The molecule has 2 aromatic heterocycles. The van der Waals surface area contributed by atoms with Crippen LogP contribution in [0.4, 0.5) is 5.82 Å². The Hall–Kier alpha value is -1.65. The van der Waals surface area contributed by atoms with Gasteiger partial charge in [0, 0.05) is 14.1 Å². The molecule has 0 saturated heterocycles. The van der Waals surface area contributed by atoms with Gasteiger partial charge in [-0.1, -0.05) is 11.3 Å². The van der Waals surface area contributed by atoms with Gasteiger partial charge >= 0.3 is 0 Å². The normalized spacial score (nSPS) is 13.1. The largest absolute Gasteiger partial charge is 0.361 e. The second kappa shape index (κ2) is 6.00. The van der Waals surface area contributed by atoms with E-state index in [1.54, 1.807) is 19.3 Å². The SMILES string of the molecule is CC(OS(C)(=O)=O)c1nnc(-c2cncc(N(C)C)n2)s1. The minimum Gasteiger partial charge on any atom is -0.361 e. The highest BCUT2D eigenvalue weighted by atomic mass is 32.2. The van der Waals surface area contributed by atoms with Gasteiger partial charge in [0.1, 0.15) is 22.6 Å². The fourth-order valence-electron chi connectivity index (χ4n) is 1.48. The van der Waals surface area contributed by atoms with E-state index in [1.807, 2.05) is 19.0 Å². The van der Waals surface area contributed by atoms with Crippen molar-refractivity contribution >= 4 is 27.3 Å². The van der Waals surface area contributed by atoms with Crippen LogP contribution in [0.15, 0.2) is 12.4 Å². The first-order chi connectivity index (χ1) is 9.76. The highest BCUT2D eigenvalue weighted by Crippen LogP contribution is 2.28. The molecule has 0 bridgehead atoms. The summed E-state index contributed by atoms with van der Waals surface area (Å²) in [4.78, 5) is 10.3. The van der Waals surface area contributed by atoms with Gasteiger partial charge in [-0.3, -0.25) is 9.17 Å². The predicted molar refractivity (Wildman–Crippen MR) is 79.6 cm³/mol. The van der Waals surface area contributed by atoms with E-state index in [0.29, 0.717) is 21.5 Å². The Morgan fingerprint density at radius 2 is 2.00 bits per heavy atom. The maximum Gasteiger partial charge on any atom is 0.265 e. The first-order valence-electron chi connectivity index (χ1n) is 5.97. The van der Waals surface area contributed by atoms with E-state index in [1.165, 1.54) is 11.3 Å². The number of rotatable bonds is 5. The molecule has 2 heterocycles. The molecule has 114 valence electrons. The summed E-state index contributed by atoms with van der Waals surface area (Å²) < 4.78 is 27.1. The summed E-state index contributed by atoms with van der Waals surface area (Å²) in [6.45, 7) is 1.60. The van der Waals surface area contributed by atoms with Gasteiger partial charge in [-0.25, -0.2) is 4.98 Å². The molecule has 0 aliphatic carbocycles. The molecule has 2 rings (SSSR count). The number of hydrogen-bond donors (Lipinski definition) is 0. The van der Waals surface area contributed by atoms with Gasteiger partial charge < -0.3 is 4.90 Å². The monoisotopic (exact) mass is 329 g/mol. The van der Waals surface area contributed by atoms with Crippen molar-refractivity contribution in [3.05, 3.63) is 17.4 Å². The molecular formula is C11H15N5O3S2. The van der Waals surface area contributed by atoms with Gasteiger partial charge in [-0.15, -0.1) is 10.2 Å². The molecule has 0 saturated carbocycles. The van der Waals surface area contributed by atoms with Crippen LogP contribution >= 0.6 is 11.3 Å². The minimum absolute atomic E-state index is 0.465. The third kappa shape index (κ3) is 4.16. The molecule has 1 unspecified atom stereocenters. The fourth-order valence-corrected chi connectivity index (χ4v) is 2.93. The maximum absolute atomic E-state index is 11.1. The Labute approximate surface area is 127 Å². The molecule has 0 aliphatic heterocycles. The van der Waals surface area contributed by atoms with Crippen molar-refractivity contribution in [2.45, 2.75) is 13.0 Å². The molecule has 0 spiro atoms. The second-order valence-electron chi connectivity index (χ2n) is 4.54. The predicted octanol–water partition coefficient (Wildman–Crippen LogP) is 1.10. The molecule has 0 radical (unpaired) electrons. The number of hydrogen-bond acceptors (Lipinski definition) is 9. The van der Waals surface area contributed by atoms with Crippen LogP contribution in [0.2, 0.25) is 0 Å². The molecule has 2 aromatic rings. The molecule has 0 amide bonds. The zero-order valence-electron chi connectivity index (χ0n) is 12.0. The van der Waals surface area contributed by atoms with Crippen molar-refractivity contribution in [1.29, 1.82) is 0 Å². The maximum atomic E-state index is 11.1. The van der Waals surface area contributed by atoms with Crippen molar-refractivity contribution in [2.75, 3.05) is 25.3 Å². The number of anilines is 1. The highest BCUT2D eigenvalue weighted by molar-refractivity contribution is 7.86. The summed E-state index contributed by atoms with van der Waals surface area (Å²) in [6, 6.07) is 0. The van der Waals surface area contributed by atoms with Gasteiger partial charge in [0.2, 0.25) is 0 Å². The molecule has 8 nitrogen and oxygen atoms in total. The first-order valence-corrected chi connectivity index (χ1v) is 8.61. The summed E-state index contributed by atoms with van der Waals surface area (Å²) in [5.41, 5.74) is 0.580. The highest BCUT2D eigenvalue weighted by Gasteiger charge is 2.18. The van der Waals surface area contributed by atoms with Gasteiger partial charge in [0.05, 0.1) is 18.6 Å². The minimum atomic E-state index is -3.54. The average molecular weight is 329 g/mol. The molecule has 0 aliphatic rings. The zero-order chi connectivity index (χ0) is 15.6. The third-order valence-electron chi connectivity index (χ3n) is 2.41. The van der Waals surface area contributed by atoms with Crippen LogP contribution in [0.3, 0.4) is 0 Å². The lowest BCUT2D eigenvalue weighted by Gasteiger charge is -2.10. The van der Waals surface area contributed by atoms with E-state index in [4.69, 9.17) is 4.18 Å². The first kappa shape index (κ1) is 15.7. The van der Waals surface area contributed by atoms with Gasteiger partial charge in [-0.05, 0) is 6.92 Å². The lowest BCUT2D eigenvalue weighted by Crippen LogP contribution is -2.11. The average Bonchev–Trinajstić information content (AvgIpc) is 2.86. The van der Waals surface area contributed by atoms with E-state index in [0.717, 1.165) is 6.26 Å². The van der Waals surface area contributed by atoms with Gasteiger partial charge in [0.25, 0.3) is 10.1 Å². The Balaban J connectivity index is 2.25. The van der Waals surface area contributed by atoms with Crippen LogP contribution in [0, 0.1) is 0 Å². The van der Waals surface area contributed by atoms with E-state index in [9.17, 15) is 8.42 Å². The second-order valence-corrected chi connectivity index (χ2v) is 7.15. The number of aromatic nitrogens is 4. The van der Waals surface area contributed by atoms with Crippen molar-refractivity contribution in [1.82, 2.24) is 20.2 Å². The lowest BCUT2D eigenvalue weighted by atomic mass is 10.4. The van der Waals surface area contributed by atoms with Gasteiger partial charge in [0.15, 0.2) is 5.01 Å². The number of nitrogens with zero attached hydrogens (tertiary/aromatic N) is 5. The molecule has 10 heteroatoms. The molecule has 0 fully saturated rings. The van der Waals surface area contributed by atoms with E-state index in [-0.39, 0.29) is 0 Å². The third-order valence-corrected chi connectivity index (χ3v) is 4.15. The molecular weight excluding hydrogens is 314 g/mol. The molecule has 21 heavy (non-hydrogen) atoms. The van der Waals surface area contributed by atoms with Crippen LogP contribution in [-0.4, -0.2) is 48.9 Å². The Morgan fingerprint density at radius 1 is 1.29 bits per heavy atom. The van der Waals surface area contributed by atoms with Crippen LogP contribution in [0.25, 0.3) is 10.7 Å². The van der Waals surface area contributed by atoms with Crippen molar-refractivity contribution in [3.8, 4) is 10.7 Å². The summed E-state index contributed by atoms with van der Waals surface area (Å²) in [6.07, 6.45) is 3.54. The van der Waals surface area contributed by atoms with Crippen molar-refractivity contribution < 1.29 is 12.6 Å². The summed E-state index contributed by atoms with van der Waals surface area (Å²) in [5, 5.41) is 8.99. The summed E-state index contributed by atoms with van der Waals surface area (Å²) in [7, 11) is 0.184. The Morgan fingerprint density at radius 3 is 2.62 bits per heavy atom. The molecule has 0 aromatic carbocycles. The van der Waals surface area contributed by atoms with Crippen molar-refractivity contribution in [3.63, 3.8) is 0 Å². The topological polar surface area (TPSA) is 98.2 Å². The van der Waals surface area contributed by atoms with Crippen LogP contribution in [0.5, 0.6) is 0 Å². The summed E-state index contributed by atoms with van der Waals surface area (Å²) in [5.74, 6) is 0.699. The standard InChI is InChI=1S/C11H15N5O3S2/c1-7(19-21(4,17)18)10-14-15-11(20-10)8-5-12-6-9(13-8)16(2)3/h5-7H,1-4H3. The molecule has 0 N–H and O–H groups in total. The van der Waals surface area contributed by atoms with E-state index < -0.39 is 16.2 Å². The molecule has 1 atom stereocenters. The Kier molecular flexibility index (Phi) is 4.49.